The predicted molar refractivity (Wildman–Crippen MR) is 74.7 cm³/mol. The highest BCUT2D eigenvalue weighted by atomic mass is 32.2. The molecule has 2 heterocycles. The minimum atomic E-state index is 0.798. The molecule has 94 valence electrons. The first kappa shape index (κ1) is 12.8. The molecule has 0 aromatic carbocycles. The van der Waals surface area contributed by atoms with Gasteiger partial charge in [-0.3, -0.25) is 0 Å². The van der Waals surface area contributed by atoms with Crippen LogP contribution < -0.4 is 5.32 Å². The second kappa shape index (κ2) is 6.35. The van der Waals surface area contributed by atoms with E-state index in [0.717, 1.165) is 28.8 Å². The molecule has 0 aliphatic carbocycles. The van der Waals surface area contributed by atoms with Crippen molar-refractivity contribution in [3.05, 3.63) is 41.9 Å². The van der Waals surface area contributed by atoms with Crippen LogP contribution in [0, 0.1) is 6.92 Å². The van der Waals surface area contributed by atoms with Gasteiger partial charge in [0.1, 0.15) is 5.82 Å². The first-order chi connectivity index (χ1) is 8.79. The summed E-state index contributed by atoms with van der Waals surface area (Å²) < 4.78 is 0. The van der Waals surface area contributed by atoms with Gasteiger partial charge in [-0.1, -0.05) is 17.8 Å². The Balaban J connectivity index is 2.03. The predicted octanol–water partition coefficient (Wildman–Crippen LogP) is 2.90. The Labute approximate surface area is 111 Å². The maximum absolute atomic E-state index is 4.33. The van der Waals surface area contributed by atoms with Crippen molar-refractivity contribution in [3.63, 3.8) is 0 Å². The molecule has 2 aromatic heterocycles. The fraction of sp³-hybridized carbons (Fsp3) is 0.308. The van der Waals surface area contributed by atoms with Crippen molar-refractivity contribution in [2.24, 2.45) is 0 Å². The zero-order valence-electron chi connectivity index (χ0n) is 10.6. The molecular formula is C13H16N4S. The third kappa shape index (κ3) is 3.43. The molecule has 0 amide bonds. The van der Waals surface area contributed by atoms with Crippen LogP contribution in [0.3, 0.4) is 0 Å². The fourth-order valence-corrected chi connectivity index (χ4v) is 2.25. The van der Waals surface area contributed by atoms with Crippen molar-refractivity contribution in [2.45, 2.75) is 24.8 Å². The topological polar surface area (TPSA) is 50.7 Å². The number of anilines is 1. The maximum atomic E-state index is 4.33. The minimum absolute atomic E-state index is 0.798. The van der Waals surface area contributed by atoms with Gasteiger partial charge in [0.15, 0.2) is 5.16 Å². The molecule has 1 N–H and O–H groups in total. The molecule has 4 nitrogen and oxygen atoms in total. The van der Waals surface area contributed by atoms with Crippen LogP contribution in [0.15, 0.2) is 35.9 Å². The second-order valence-electron chi connectivity index (χ2n) is 3.87. The number of thioether (sulfide) groups is 1. The SMILES string of the molecule is CCNc1ncccc1CSc1ncc(C)cn1. The van der Waals surface area contributed by atoms with Crippen LogP contribution in [0.2, 0.25) is 0 Å². The molecule has 0 spiro atoms. The minimum Gasteiger partial charge on any atom is -0.370 e. The van der Waals surface area contributed by atoms with Crippen molar-refractivity contribution in [1.29, 1.82) is 0 Å². The van der Waals surface area contributed by atoms with Crippen molar-refractivity contribution in [3.8, 4) is 0 Å². The molecule has 0 radical (unpaired) electrons. The summed E-state index contributed by atoms with van der Waals surface area (Å²) in [6, 6.07) is 4.03. The zero-order valence-corrected chi connectivity index (χ0v) is 11.4. The van der Waals surface area contributed by atoms with E-state index in [-0.39, 0.29) is 0 Å². The van der Waals surface area contributed by atoms with Crippen LogP contribution in [0.1, 0.15) is 18.1 Å². The molecule has 2 rings (SSSR count). The van der Waals surface area contributed by atoms with Gasteiger partial charge in [0.25, 0.3) is 0 Å². The lowest BCUT2D eigenvalue weighted by atomic mass is 10.3. The van der Waals surface area contributed by atoms with E-state index in [9.17, 15) is 0 Å². The molecule has 0 saturated carbocycles. The summed E-state index contributed by atoms with van der Waals surface area (Å²) in [7, 11) is 0. The highest BCUT2D eigenvalue weighted by Gasteiger charge is 2.04. The van der Waals surface area contributed by atoms with Gasteiger partial charge >= 0.3 is 0 Å². The number of rotatable bonds is 5. The molecule has 5 heteroatoms. The molecule has 18 heavy (non-hydrogen) atoms. The van der Waals surface area contributed by atoms with E-state index >= 15 is 0 Å². The summed E-state index contributed by atoms with van der Waals surface area (Å²) in [6.45, 7) is 4.92. The van der Waals surface area contributed by atoms with Gasteiger partial charge in [-0.15, -0.1) is 0 Å². The molecule has 0 aliphatic rings. The monoisotopic (exact) mass is 260 g/mol. The first-order valence-corrected chi connectivity index (χ1v) is 6.87. The standard InChI is InChI=1S/C13H16N4S/c1-3-14-12-11(5-4-6-15-12)9-18-13-16-7-10(2)8-17-13/h4-8H,3,9H2,1-2H3,(H,14,15). The fourth-order valence-electron chi connectivity index (χ4n) is 1.48. The lowest BCUT2D eigenvalue weighted by Gasteiger charge is -2.08. The molecular weight excluding hydrogens is 244 g/mol. The summed E-state index contributed by atoms with van der Waals surface area (Å²) in [5, 5.41) is 4.05. The van der Waals surface area contributed by atoms with E-state index in [1.165, 1.54) is 5.56 Å². The quantitative estimate of drug-likeness (QED) is 0.661. The van der Waals surface area contributed by atoms with Gasteiger partial charge < -0.3 is 5.32 Å². The molecule has 0 atom stereocenters. The Morgan fingerprint density at radius 1 is 1.22 bits per heavy atom. The van der Waals surface area contributed by atoms with Crippen LogP contribution >= 0.6 is 11.8 Å². The summed E-state index contributed by atoms with van der Waals surface area (Å²) in [4.78, 5) is 12.9. The molecule has 0 fully saturated rings. The smallest absolute Gasteiger partial charge is 0.187 e. The number of hydrogen-bond donors (Lipinski definition) is 1. The van der Waals surface area contributed by atoms with Gasteiger partial charge in [-0.25, -0.2) is 15.0 Å². The number of aromatic nitrogens is 3. The molecule has 0 aliphatic heterocycles. The Kier molecular flexibility index (Phi) is 4.52. The van der Waals surface area contributed by atoms with E-state index in [0.29, 0.717) is 0 Å². The van der Waals surface area contributed by atoms with E-state index < -0.39 is 0 Å². The third-order valence-corrected chi connectivity index (χ3v) is 3.27. The molecule has 0 saturated heterocycles. The average Bonchev–Trinajstić information content (AvgIpc) is 2.40. The Morgan fingerprint density at radius 3 is 2.72 bits per heavy atom. The Hall–Kier alpha value is -1.62. The second-order valence-corrected chi connectivity index (χ2v) is 4.82. The summed E-state index contributed by atoms with van der Waals surface area (Å²) in [5.74, 6) is 1.76. The summed E-state index contributed by atoms with van der Waals surface area (Å²) >= 11 is 1.62. The normalized spacial score (nSPS) is 10.3. The highest BCUT2D eigenvalue weighted by Crippen LogP contribution is 2.22. The van der Waals surface area contributed by atoms with Crippen LogP contribution in [0.25, 0.3) is 0 Å². The lowest BCUT2D eigenvalue weighted by molar-refractivity contribution is 0.949. The maximum Gasteiger partial charge on any atom is 0.187 e. The largest absolute Gasteiger partial charge is 0.370 e. The van der Waals surface area contributed by atoms with Crippen molar-refractivity contribution >= 4 is 17.6 Å². The van der Waals surface area contributed by atoms with E-state index in [1.807, 2.05) is 25.4 Å². The van der Waals surface area contributed by atoms with E-state index in [4.69, 9.17) is 0 Å². The van der Waals surface area contributed by atoms with Gasteiger partial charge in [0.2, 0.25) is 0 Å². The van der Waals surface area contributed by atoms with Crippen molar-refractivity contribution < 1.29 is 0 Å². The number of hydrogen-bond acceptors (Lipinski definition) is 5. The van der Waals surface area contributed by atoms with E-state index in [1.54, 1.807) is 18.0 Å². The lowest BCUT2D eigenvalue weighted by Crippen LogP contribution is -2.02. The van der Waals surface area contributed by atoms with E-state index in [2.05, 4.69) is 33.3 Å². The van der Waals surface area contributed by atoms with Crippen LogP contribution in [-0.2, 0) is 5.75 Å². The first-order valence-electron chi connectivity index (χ1n) is 5.89. The molecule has 0 bridgehead atoms. The third-order valence-electron chi connectivity index (χ3n) is 2.35. The Bertz CT molecular complexity index is 499. The summed E-state index contributed by atoms with van der Waals surface area (Å²) in [5.41, 5.74) is 2.25. The van der Waals surface area contributed by atoms with Crippen molar-refractivity contribution in [1.82, 2.24) is 15.0 Å². The van der Waals surface area contributed by atoms with Gasteiger partial charge in [-0.05, 0) is 25.5 Å². The summed E-state index contributed by atoms with van der Waals surface area (Å²) in [6.07, 6.45) is 5.47. The van der Waals surface area contributed by atoms with Gasteiger partial charge in [0.05, 0.1) is 0 Å². The molecule has 2 aromatic rings. The van der Waals surface area contributed by atoms with Gasteiger partial charge in [-0.2, -0.15) is 0 Å². The highest BCUT2D eigenvalue weighted by molar-refractivity contribution is 7.98. The van der Waals surface area contributed by atoms with Crippen LogP contribution in [-0.4, -0.2) is 21.5 Å². The van der Waals surface area contributed by atoms with Crippen LogP contribution in [0.4, 0.5) is 5.82 Å². The number of nitrogens with zero attached hydrogens (tertiary/aromatic N) is 3. The number of pyridine rings is 1. The number of aryl methyl sites for hydroxylation is 1. The number of nitrogens with one attached hydrogen (secondary N) is 1. The van der Waals surface area contributed by atoms with Crippen LogP contribution in [0.5, 0.6) is 0 Å². The average molecular weight is 260 g/mol. The van der Waals surface area contributed by atoms with Crippen molar-refractivity contribution in [2.75, 3.05) is 11.9 Å². The molecule has 0 unspecified atom stereocenters. The zero-order chi connectivity index (χ0) is 12.8. The Morgan fingerprint density at radius 2 is 2.00 bits per heavy atom. The van der Waals surface area contributed by atoms with Gasteiger partial charge in [0, 0.05) is 36.5 Å².